The van der Waals surface area contributed by atoms with Crippen LogP contribution in [0.4, 0.5) is 5.69 Å². The van der Waals surface area contributed by atoms with Crippen LogP contribution in [-0.4, -0.2) is 32.6 Å². The Labute approximate surface area is 152 Å². The number of carbonyl (C=O) groups is 1. The van der Waals surface area contributed by atoms with Gasteiger partial charge in [0.05, 0.1) is 19.9 Å². The third-order valence-electron chi connectivity index (χ3n) is 3.57. The van der Waals surface area contributed by atoms with Crippen molar-refractivity contribution in [3.63, 3.8) is 0 Å². The van der Waals surface area contributed by atoms with Gasteiger partial charge in [0, 0.05) is 12.5 Å². The second-order valence-electron chi connectivity index (χ2n) is 5.46. The molecule has 0 aliphatic rings. The summed E-state index contributed by atoms with van der Waals surface area (Å²) in [5.41, 5.74) is 7.45. The van der Waals surface area contributed by atoms with Crippen LogP contribution in [0.1, 0.15) is 12.0 Å². The lowest BCUT2D eigenvalue weighted by Gasteiger charge is -2.11. The number of hydrogen-bond acceptors (Lipinski definition) is 5. The number of aryl methyl sites for hydroxylation is 1. The molecule has 1 amide bonds. The van der Waals surface area contributed by atoms with E-state index >= 15 is 0 Å². The Bertz CT molecular complexity index is 748. The highest BCUT2D eigenvalue weighted by molar-refractivity contribution is 5.93. The first-order valence-corrected chi connectivity index (χ1v) is 8.12. The molecule has 3 N–H and O–H groups in total. The number of ether oxygens (including phenoxy) is 2. The lowest BCUT2D eigenvalue weighted by molar-refractivity contribution is -0.120. The Morgan fingerprint density at radius 3 is 2.58 bits per heavy atom. The summed E-state index contributed by atoms with van der Waals surface area (Å²) in [5, 5.41) is 6.46. The monoisotopic (exact) mass is 357 g/mol. The number of nitrogens with zero attached hydrogens (tertiary/aromatic N) is 1. The van der Waals surface area contributed by atoms with Gasteiger partial charge in [-0.1, -0.05) is 35.5 Å². The molecule has 0 saturated heterocycles. The third kappa shape index (κ3) is 6.01. The number of carbonyl (C=O) groups excluding carboxylic acids is 1. The second-order valence-corrected chi connectivity index (χ2v) is 5.46. The number of amidine groups is 1. The number of nitrogens with two attached hydrogens (primary N) is 1. The number of nitrogens with one attached hydrogen (secondary N) is 1. The van der Waals surface area contributed by atoms with Crippen LogP contribution in [0.5, 0.6) is 11.5 Å². The van der Waals surface area contributed by atoms with Gasteiger partial charge in [-0.15, -0.1) is 0 Å². The van der Waals surface area contributed by atoms with Crippen LogP contribution < -0.4 is 20.5 Å². The van der Waals surface area contributed by atoms with Crippen LogP contribution in [0.2, 0.25) is 0 Å². The number of anilines is 1. The van der Waals surface area contributed by atoms with Crippen LogP contribution in [0.15, 0.2) is 53.7 Å². The lowest BCUT2D eigenvalue weighted by Crippen LogP contribution is -2.19. The smallest absolute Gasteiger partial charge is 0.265 e. The summed E-state index contributed by atoms with van der Waals surface area (Å²) < 4.78 is 10.3. The van der Waals surface area contributed by atoms with Gasteiger partial charge in [-0.05, 0) is 24.1 Å². The van der Waals surface area contributed by atoms with E-state index in [0.717, 1.165) is 12.0 Å². The quantitative estimate of drug-likeness (QED) is 0.408. The summed E-state index contributed by atoms with van der Waals surface area (Å²) in [4.78, 5) is 17.0. The minimum Gasteiger partial charge on any atom is -0.497 e. The minimum absolute atomic E-state index is 0.258. The summed E-state index contributed by atoms with van der Waals surface area (Å²) in [5.74, 6) is 1.08. The molecule has 0 aromatic heterocycles. The highest BCUT2D eigenvalue weighted by Gasteiger charge is 2.09. The topological polar surface area (TPSA) is 95.2 Å². The van der Waals surface area contributed by atoms with E-state index in [4.69, 9.17) is 20.0 Å². The van der Waals surface area contributed by atoms with Gasteiger partial charge in [0.2, 0.25) is 0 Å². The summed E-state index contributed by atoms with van der Waals surface area (Å²) in [6, 6.07) is 15.0. The number of oxime groups is 1. The fourth-order valence-corrected chi connectivity index (χ4v) is 2.23. The molecule has 7 heteroatoms. The molecule has 2 rings (SSSR count). The van der Waals surface area contributed by atoms with E-state index in [0.29, 0.717) is 29.4 Å². The molecule has 0 atom stereocenters. The number of hydrogen-bond donors (Lipinski definition) is 2. The first kappa shape index (κ1) is 19.1. The van der Waals surface area contributed by atoms with Gasteiger partial charge in [0.15, 0.2) is 6.61 Å². The second kappa shape index (κ2) is 9.93. The molecule has 0 unspecified atom stereocenters. The van der Waals surface area contributed by atoms with Gasteiger partial charge in [-0.2, -0.15) is 0 Å². The van der Waals surface area contributed by atoms with Gasteiger partial charge in [0.1, 0.15) is 17.3 Å². The van der Waals surface area contributed by atoms with Crippen molar-refractivity contribution in [2.24, 2.45) is 10.9 Å². The van der Waals surface area contributed by atoms with E-state index in [1.165, 1.54) is 7.11 Å². The molecule has 0 heterocycles. The number of benzene rings is 2. The van der Waals surface area contributed by atoms with Crippen molar-refractivity contribution in [1.82, 2.24) is 0 Å². The van der Waals surface area contributed by atoms with Gasteiger partial charge < -0.3 is 25.4 Å². The maximum atomic E-state index is 12.0. The van der Waals surface area contributed by atoms with E-state index in [-0.39, 0.29) is 12.5 Å². The van der Waals surface area contributed by atoms with Crippen molar-refractivity contribution >= 4 is 17.4 Å². The van der Waals surface area contributed by atoms with E-state index in [9.17, 15) is 4.79 Å². The molecular formula is C19H23N3O4. The third-order valence-corrected chi connectivity index (χ3v) is 3.57. The Hall–Kier alpha value is -3.22. The molecule has 26 heavy (non-hydrogen) atoms. The average molecular weight is 357 g/mol. The van der Waals surface area contributed by atoms with Crippen LogP contribution in [0, 0.1) is 0 Å². The molecule has 7 nitrogen and oxygen atoms in total. The van der Waals surface area contributed by atoms with Gasteiger partial charge in [-0.3, -0.25) is 4.79 Å². The predicted octanol–water partition coefficient (Wildman–Crippen LogP) is 2.56. The number of rotatable bonds is 9. The van der Waals surface area contributed by atoms with Gasteiger partial charge >= 0.3 is 0 Å². The molecule has 0 bridgehead atoms. The zero-order chi connectivity index (χ0) is 18.8. The van der Waals surface area contributed by atoms with Crippen LogP contribution in [-0.2, 0) is 16.1 Å². The molecule has 0 spiro atoms. The zero-order valence-electron chi connectivity index (χ0n) is 14.9. The highest BCUT2D eigenvalue weighted by atomic mass is 16.6. The van der Waals surface area contributed by atoms with E-state index in [1.807, 2.05) is 30.3 Å². The van der Waals surface area contributed by atoms with Crippen LogP contribution >= 0.6 is 0 Å². The summed E-state index contributed by atoms with van der Waals surface area (Å²) in [6.45, 7) is -0.258. The van der Waals surface area contributed by atoms with E-state index in [2.05, 4.69) is 10.5 Å². The van der Waals surface area contributed by atoms with Gasteiger partial charge in [-0.25, -0.2) is 0 Å². The zero-order valence-corrected chi connectivity index (χ0v) is 14.9. The SMILES string of the molecule is COc1ccc(OC)c(NC(=O)CO/N=C(\N)CCc2ccccc2)c1. The molecule has 0 saturated carbocycles. The van der Waals surface area contributed by atoms with E-state index < -0.39 is 0 Å². The maximum absolute atomic E-state index is 12.0. The number of methoxy groups -OCH3 is 2. The normalized spacial score (nSPS) is 10.9. The van der Waals surface area contributed by atoms with Crippen molar-refractivity contribution in [3.05, 3.63) is 54.1 Å². The van der Waals surface area contributed by atoms with Crippen molar-refractivity contribution < 1.29 is 19.1 Å². The number of amides is 1. The molecule has 2 aromatic rings. The van der Waals surface area contributed by atoms with Crippen molar-refractivity contribution in [2.75, 3.05) is 26.1 Å². The highest BCUT2D eigenvalue weighted by Crippen LogP contribution is 2.28. The average Bonchev–Trinajstić information content (AvgIpc) is 2.67. The summed E-state index contributed by atoms with van der Waals surface area (Å²) in [7, 11) is 3.06. The Kier molecular flexibility index (Phi) is 7.30. The van der Waals surface area contributed by atoms with Crippen molar-refractivity contribution in [3.8, 4) is 11.5 Å². The van der Waals surface area contributed by atoms with Crippen molar-refractivity contribution in [2.45, 2.75) is 12.8 Å². The lowest BCUT2D eigenvalue weighted by atomic mass is 10.1. The van der Waals surface area contributed by atoms with Crippen LogP contribution in [0.25, 0.3) is 0 Å². The first-order chi connectivity index (χ1) is 12.6. The molecule has 0 aliphatic carbocycles. The molecule has 138 valence electrons. The van der Waals surface area contributed by atoms with Crippen LogP contribution in [0.3, 0.4) is 0 Å². The molecule has 0 radical (unpaired) electrons. The van der Waals surface area contributed by atoms with Crippen molar-refractivity contribution in [1.29, 1.82) is 0 Å². The molecule has 0 fully saturated rings. The molecule has 2 aromatic carbocycles. The molecule has 0 aliphatic heterocycles. The van der Waals surface area contributed by atoms with Gasteiger partial charge in [0.25, 0.3) is 5.91 Å². The minimum atomic E-state index is -0.379. The largest absolute Gasteiger partial charge is 0.497 e. The standard InChI is InChI=1S/C19H23N3O4/c1-24-15-9-10-17(25-2)16(12-15)21-19(23)13-26-22-18(20)11-8-14-6-4-3-5-7-14/h3-7,9-10,12H,8,11,13H2,1-2H3,(H2,20,22)(H,21,23). The van der Waals surface area contributed by atoms with E-state index in [1.54, 1.807) is 25.3 Å². The maximum Gasteiger partial charge on any atom is 0.265 e. The summed E-state index contributed by atoms with van der Waals surface area (Å²) in [6.07, 6.45) is 1.31. The predicted molar refractivity (Wildman–Crippen MR) is 101 cm³/mol. The fraction of sp³-hybridized carbons (Fsp3) is 0.263. The Morgan fingerprint density at radius 2 is 1.88 bits per heavy atom. The fourth-order valence-electron chi connectivity index (χ4n) is 2.23. The Balaban J connectivity index is 1.81. The first-order valence-electron chi connectivity index (χ1n) is 8.12. The summed E-state index contributed by atoms with van der Waals surface area (Å²) >= 11 is 0. The Morgan fingerprint density at radius 1 is 1.12 bits per heavy atom. The molecular weight excluding hydrogens is 334 g/mol.